The summed E-state index contributed by atoms with van der Waals surface area (Å²) in [7, 11) is 0. The topological polar surface area (TPSA) is 54.0 Å². The van der Waals surface area contributed by atoms with Gasteiger partial charge in [-0.15, -0.1) is 11.3 Å². The van der Waals surface area contributed by atoms with Gasteiger partial charge in [-0.1, -0.05) is 6.92 Å². The second-order valence-electron chi connectivity index (χ2n) is 3.26. The molecule has 0 bridgehead atoms. The van der Waals surface area contributed by atoms with Gasteiger partial charge in [0.25, 0.3) is 0 Å². The van der Waals surface area contributed by atoms with Gasteiger partial charge >= 0.3 is 0 Å². The van der Waals surface area contributed by atoms with Crippen LogP contribution in [0.15, 0.2) is 10.9 Å². The van der Waals surface area contributed by atoms with Crippen LogP contribution in [0.25, 0.3) is 0 Å². The van der Waals surface area contributed by atoms with Crippen LogP contribution in [0.1, 0.15) is 25.5 Å². The van der Waals surface area contributed by atoms with Crippen LogP contribution in [-0.2, 0) is 11.3 Å². The van der Waals surface area contributed by atoms with Gasteiger partial charge in [0.2, 0.25) is 5.91 Å². The molecule has 0 unspecified atom stereocenters. The average Bonchev–Trinajstić information content (AvgIpc) is 2.74. The molecule has 2 N–H and O–H groups in total. The van der Waals surface area contributed by atoms with E-state index in [4.69, 9.17) is 0 Å². The van der Waals surface area contributed by atoms with Crippen LogP contribution in [-0.4, -0.2) is 24.0 Å². The SMILES string of the molecule is CCCNC(=O)CCNCc1cscn1. The zero-order chi connectivity index (χ0) is 10.9. The molecule has 0 aliphatic carbocycles. The van der Waals surface area contributed by atoms with Gasteiger partial charge in [0, 0.05) is 31.4 Å². The lowest BCUT2D eigenvalue weighted by molar-refractivity contribution is -0.120. The summed E-state index contributed by atoms with van der Waals surface area (Å²) in [5, 5.41) is 8.02. The van der Waals surface area contributed by atoms with E-state index < -0.39 is 0 Å². The van der Waals surface area contributed by atoms with Crippen molar-refractivity contribution in [3.63, 3.8) is 0 Å². The van der Waals surface area contributed by atoms with Crippen LogP contribution in [0, 0.1) is 0 Å². The van der Waals surface area contributed by atoms with Gasteiger partial charge in [0.05, 0.1) is 11.2 Å². The Balaban J connectivity index is 1.99. The number of carbonyl (C=O) groups is 1. The van der Waals surface area contributed by atoms with Crippen LogP contribution in [0.5, 0.6) is 0 Å². The molecule has 15 heavy (non-hydrogen) atoms. The number of carbonyl (C=O) groups excluding carboxylic acids is 1. The molecule has 0 fully saturated rings. The molecule has 1 aromatic heterocycles. The van der Waals surface area contributed by atoms with Gasteiger partial charge in [-0.3, -0.25) is 4.79 Å². The van der Waals surface area contributed by atoms with Gasteiger partial charge in [0.1, 0.15) is 0 Å². The minimum Gasteiger partial charge on any atom is -0.356 e. The highest BCUT2D eigenvalue weighted by Gasteiger charge is 1.99. The third kappa shape index (κ3) is 5.49. The molecule has 0 saturated heterocycles. The Morgan fingerprint density at radius 3 is 3.07 bits per heavy atom. The summed E-state index contributed by atoms with van der Waals surface area (Å²) in [5.41, 5.74) is 2.85. The molecule has 5 heteroatoms. The number of thiazole rings is 1. The van der Waals surface area contributed by atoms with Crippen molar-refractivity contribution in [1.29, 1.82) is 0 Å². The molecule has 4 nitrogen and oxygen atoms in total. The number of rotatable bonds is 7. The van der Waals surface area contributed by atoms with E-state index in [2.05, 4.69) is 15.6 Å². The van der Waals surface area contributed by atoms with Gasteiger partial charge in [-0.25, -0.2) is 4.98 Å². The van der Waals surface area contributed by atoms with E-state index in [-0.39, 0.29) is 5.91 Å². The van der Waals surface area contributed by atoms with Gasteiger partial charge in [-0.2, -0.15) is 0 Å². The predicted molar refractivity (Wildman–Crippen MR) is 61.7 cm³/mol. The highest BCUT2D eigenvalue weighted by molar-refractivity contribution is 7.07. The lowest BCUT2D eigenvalue weighted by atomic mass is 10.3. The van der Waals surface area contributed by atoms with Crippen LogP contribution in [0.2, 0.25) is 0 Å². The summed E-state index contributed by atoms with van der Waals surface area (Å²) in [6.45, 7) is 4.25. The molecule has 84 valence electrons. The quantitative estimate of drug-likeness (QED) is 0.687. The fraction of sp³-hybridized carbons (Fsp3) is 0.600. The third-order valence-electron chi connectivity index (χ3n) is 1.89. The van der Waals surface area contributed by atoms with Gasteiger partial charge in [-0.05, 0) is 6.42 Å². The normalized spacial score (nSPS) is 10.2. The smallest absolute Gasteiger partial charge is 0.221 e. The summed E-state index contributed by atoms with van der Waals surface area (Å²) in [5.74, 6) is 0.114. The Kier molecular flexibility index (Phi) is 5.96. The second-order valence-corrected chi connectivity index (χ2v) is 3.98. The predicted octanol–water partition coefficient (Wildman–Crippen LogP) is 1.15. The largest absolute Gasteiger partial charge is 0.356 e. The van der Waals surface area contributed by atoms with Gasteiger partial charge in [0.15, 0.2) is 0 Å². The standard InChI is InChI=1S/C10H17N3OS/c1-2-4-12-10(14)3-5-11-6-9-7-15-8-13-9/h7-8,11H,2-6H2,1H3,(H,12,14). The molecule has 0 aliphatic heterocycles. The average molecular weight is 227 g/mol. The minimum absolute atomic E-state index is 0.114. The fourth-order valence-corrected chi connectivity index (χ4v) is 1.65. The van der Waals surface area contributed by atoms with Crippen molar-refractivity contribution in [2.75, 3.05) is 13.1 Å². The number of nitrogens with one attached hydrogen (secondary N) is 2. The molecule has 0 aromatic carbocycles. The first-order valence-corrected chi connectivity index (χ1v) is 6.11. The molecule has 1 amide bonds. The fourth-order valence-electron chi connectivity index (χ4n) is 1.10. The molecule has 1 aromatic rings. The molecule has 1 heterocycles. The Bertz CT molecular complexity index is 274. The Morgan fingerprint density at radius 2 is 2.40 bits per heavy atom. The lowest BCUT2D eigenvalue weighted by Crippen LogP contribution is -2.28. The molecule has 0 atom stereocenters. The molecule has 0 saturated carbocycles. The van der Waals surface area contributed by atoms with Crippen molar-refractivity contribution in [3.05, 3.63) is 16.6 Å². The first-order valence-electron chi connectivity index (χ1n) is 5.17. The van der Waals surface area contributed by atoms with Crippen molar-refractivity contribution in [2.24, 2.45) is 0 Å². The summed E-state index contributed by atoms with van der Waals surface area (Å²) in [4.78, 5) is 15.3. The maximum atomic E-state index is 11.2. The number of nitrogens with zero attached hydrogens (tertiary/aromatic N) is 1. The summed E-state index contributed by atoms with van der Waals surface area (Å²) in [6, 6.07) is 0. The zero-order valence-corrected chi connectivity index (χ0v) is 9.77. The lowest BCUT2D eigenvalue weighted by Gasteiger charge is -2.04. The van der Waals surface area contributed by atoms with Crippen molar-refractivity contribution in [1.82, 2.24) is 15.6 Å². The minimum atomic E-state index is 0.114. The molecule has 0 spiro atoms. The van der Waals surface area contributed by atoms with Crippen LogP contribution < -0.4 is 10.6 Å². The number of aromatic nitrogens is 1. The maximum absolute atomic E-state index is 11.2. The molecule has 1 rings (SSSR count). The van der Waals surface area contributed by atoms with Gasteiger partial charge < -0.3 is 10.6 Å². The highest BCUT2D eigenvalue weighted by atomic mass is 32.1. The van der Waals surface area contributed by atoms with Crippen molar-refractivity contribution < 1.29 is 4.79 Å². The van der Waals surface area contributed by atoms with E-state index in [0.717, 1.165) is 25.2 Å². The molecular weight excluding hydrogens is 210 g/mol. The van der Waals surface area contributed by atoms with E-state index in [1.54, 1.807) is 11.3 Å². The highest BCUT2D eigenvalue weighted by Crippen LogP contribution is 1.99. The first-order chi connectivity index (χ1) is 7.33. The van der Waals surface area contributed by atoms with E-state index in [1.165, 1.54) is 0 Å². The Labute approximate surface area is 94.1 Å². The number of hydrogen-bond donors (Lipinski definition) is 2. The van der Waals surface area contributed by atoms with Crippen molar-refractivity contribution in [2.45, 2.75) is 26.3 Å². The van der Waals surface area contributed by atoms with E-state index in [9.17, 15) is 4.79 Å². The number of hydrogen-bond acceptors (Lipinski definition) is 4. The van der Waals surface area contributed by atoms with E-state index >= 15 is 0 Å². The Hall–Kier alpha value is -0.940. The Morgan fingerprint density at radius 1 is 1.53 bits per heavy atom. The summed E-state index contributed by atoms with van der Waals surface area (Å²) >= 11 is 1.58. The van der Waals surface area contributed by atoms with E-state index in [1.807, 2.05) is 17.8 Å². The summed E-state index contributed by atoms with van der Waals surface area (Å²) < 4.78 is 0. The monoisotopic (exact) mass is 227 g/mol. The molecular formula is C10H17N3OS. The van der Waals surface area contributed by atoms with Crippen molar-refractivity contribution in [3.8, 4) is 0 Å². The zero-order valence-electron chi connectivity index (χ0n) is 8.95. The van der Waals surface area contributed by atoms with Crippen LogP contribution in [0.4, 0.5) is 0 Å². The van der Waals surface area contributed by atoms with E-state index in [0.29, 0.717) is 13.0 Å². The summed E-state index contributed by atoms with van der Waals surface area (Å²) in [6.07, 6.45) is 1.52. The molecule has 0 radical (unpaired) electrons. The van der Waals surface area contributed by atoms with Crippen LogP contribution >= 0.6 is 11.3 Å². The third-order valence-corrected chi connectivity index (χ3v) is 2.53. The second kappa shape index (κ2) is 7.36. The number of amides is 1. The van der Waals surface area contributed by atoms with Crippen molar-refractivity contribution >= 4 is 17.2 Å². The molecule has 0 aliphatic rings. The first kappa shape index (κ1) is 12.1. The maximum Gasteiger partial charge on any atom is 0.221 e. The van der Waals surface area contributed by atoms with Crippen LogP contribution in [0.3, 0.4) is 0 Å².